The molecule has 0 amide bonds. The highest BCUT2D eigenvalue weighted by Gasteiger charge is 2.12. The van der Waals surface area contributed by atoms with Crippen molar-refractivity contribution in [3.8, 4) is 5.75 Å². The van der Waals surface area contributed by atoms with E-state index < -0.39 is 0 Å². The fourth-order valence-corrected chi connectivity index (χ4v) is 1.96. The van der Waals surface area contributed by atoms with E-state index in [9.17, 15) is 0 Å². The largest absolute Gasteiger partial charge is 0.487 e. The monoisotopic (exact) mass is 274 g/mol. The minimum Gasteiger partial charge on any atom is -0.487 e. The first-order valence-electron chi connectivity index (χ1n) is 7.05. The van der Waals surface area contributed by atoms with Crippen molar-refractivity contribution in [2.45, 2.75) is 46.4 Å². The molecule has 2 N–H and O–H groups in total. The van der Waals surface area contributed by atoms with Crippen molar-refractivity contribution in [2.75, 3.05) is 0 Å². The highest BCUT2D eigenvalue weighted by molar-refractivity contribution is 5.26. The minimum atomic E-state index is 0.388. The molecule has 0 radical (unpaired) electrons. The summed E-state index contributed by atoms with van der Waals surface area (Å²) < 4.78 is 7.71. The Balaban J connectivity index is 2.06. The number of benzene rings is 1. The second-order valence-corrected chi connectivity index (χ2v) is 4.87. The molecule has 108 valence electrons. The van der Waals surface area contributed by atoms with Gasteiger partial charge in [0, 0.05) is 13.1 Å². The Labute approximate surface area is 119 Å². The molecule has 0 aliphatic heterocycles. The first-order valence-corrected chi connectivity index (χ1v) is 7.05. The standard InChI is InChI=1S/C15H22N4O/c1-3-4-9-19-15(14(10-16)17-18-19)11-20-13-7-5-12(2)6-8-13/h5-8H,3-4,9-11,16H2,1-2H3. The molecular formula is C15H22N4O. The number of nitrogens with two attached hydrogens (primary N) is 1. The molecule has 0 aliphatic carbocycles. The Morgan fingerprint density at radius 2 is 2.00 bits per heavy atom. The molecule has 0 fully saturated rings. The second kappa shape index (κ2) is 7.05. The van der Waals surface area contributed by atoms with Gasteiger partial charge in [0.1, 0.15) is 23.7 Å². The van der Waals surface area contributed by atoms with E-state index in [2.05, 4.69) is 24.2 Å². The van der Waals surface area contributed by atoms with E-state index in [1.165, 1.54) is 5.56 Å². The van der Waals surface area contributed by atoms with Crippen LogP contribution < -0.4 is 10.5 Å². The summed E-state index contributed by atoms with van der Waals surface area (Å²) in [5.74, 6) is 0.849. The number of hydrogen-bond donors (Lipinski definition) is 1. The fraction of sp³-hybridized carbons (Fsp3) is 0.467. The summed E-state index contributed by atoms with van der Waals surface area (Å²) in [6.07, 6.45) is 2.20. The highest BCUT2D eigenvalue weighted by Crippen LogP contribution is 2.15. The van der Waals surface area contributed by atoms with Crippen molar-refractivity contribution in [2.24, 2.45) is 5.73 Å². The Morgan fingerprint density at radius 1 is 1.25 bits per heavy atom. The van der Waals surface area contributed by atoms with Crippen molar-refractivity contribution < 1.29 is 4.74 Å². The first-order chi connectivity index (χ1) is 9.74. The second-order valence-electron chi connectivity index (χ2n) is 4.87. The summed E-state index contributed by atoms with van der Waals surface area (Å²) in [6.45, 7) is 5.91. The molecule has 0 bridgehead atoms. The lowest BCUT2D eigenvalue weighted by atomic mass is 10.2. The normalized spacial score (nSPS) is 10.8. The molecule has 1 aromatic heterocycles. The molecule has 2 rings (SSSR count). The molecule has 0 atom stereocenters. The maximum absolute atomic E-state index is 5.81. The molecule has 0 saturated carbocycles. The van der Waals surface area contributed by atoms with Gasteiger partial charge in [0.05, 0.1) is 0 Å². The predicted molar refractivity (Wildman–Crippen MR) is 78.3 cm³/mol. The third-order valence-corrected chi connectivity index (χ3v) is 3.23. The van der Waals surface area contributed by atoms with Gasteiger partial charge < -0.3 is 10.5 Å². The number of unbranched alkanes of at least 4 members (excludes halogenated alkanes) is 1. The summed E-state index contributed by atoms with van der Waals surface area (Å²) in [5.41, 5.74) is 8.71. The van der Waals surface area contributed by atoms with Gasteiger partial charge >= 0.3 is 0 Å². The van der Waals surface area contributed by atoms with E-state index >= 15 is 0 Å². The number of ether oxygens (including phenoxy) is 1. The summed E-state index contributed by atoms with van der Waals surface area (Å²) in [5, 5.41) is 8.28. The van der Waals surface area contributed by atoms with Gasteiger partial charge in [0.2, 0.25) is 0 Å². The van der Waals surface area contributed by atoms with E-state index in [0.717, 1.165) is 36.5 Å². The molecule has 1 heterocycles. The summed E-state index contributed by atoms with van der Waals surface area (Å²) in [6, 6.07) is 8.01. The number of aryl methyl sites for hydroxylation is 2. The van der Waals surface area contributed by atoms with Gasteiger partial charge in [0.15, 0.2) is 0 Å². The van der Waals surface area contributed by atoms with Crippen LogP contribution in [0.5, 0.6) is 5.75 Å². The SMILES string of the molecule is CCCCn1nnc(CN)c1COc1ccc(C)cc1. The van der Waals surface area contributed by atoms with Crippen molar-refractivity contribution in [1.29, 1.82) is 0 Å². The molecule has 5 nitrogen and oxygen atoms in total. The third-order valence-electron chi connectivity index (χ3n) is 3.23. The van der Waals surface area contributed by atoms with E-state index in [0.29, 0.717) is 13.2 Å². The van der Waals surface area contributed by atoms with Crippen LogP contribution in [0.15, 0.2) is 24.3 Å². The zero-order valence-electron chi connectivity index (χ0n) is 12.2. The topological polar surface area (TPSA) is 66.0 Å². The lowest BCUT2D eigenvalue weighted by molar-refractivity contribution is 0.289. The number of aromatic nitrogens is 3. The smallest absolute Gasteiger partial charge is 0.132 e. The quantitative estimate of drug-likeness (QED) is 0.842. The summed E-state index contributed by atoms with van der Waals surface area (Å²) in [4.78, 5) is 0. The average Bonchev–Trinajstić information content (AvgIpc) is 2.86. The Hall–Kier alpha value is -1.88. The van der Waals surface area contributed by atoms with Crippen molar-refractivity contribution in [3.05, 3.63) is 41.2 Å². The van der Waals surface area contributed by atoms with Crippen molar-refractivity contribution in [3.63, 3.8) is 0 Å². The first kappa shape index (κ1) is 14.5. The van der Waals surface area contributed by atoms with E-state index in [-0.39, 0.29) is 0 Å². The van der Waals surface area contributed by atoms with Crippen LogP contribution in [0, 0.1) is 6.92 Å². The zero-order valence-corrected chi connectivity index (χ0v) is 12.2. The van der Waals surface area contributed by atoms with Gasteiger partial charge in [-0.15, -0.1) is 5.10 Å². The van der Waals surface area contributed by atoms with Crippen LogP contribution in [0.1, 0.15) is 36.7 Å². The highest BCUT2D eigenvalue weighted by atomic mass is 16.5. The van der Waals surface area contributed by atoms with E-state index in [1.807, 2.05) is 28.9 Å². The summed E-state index contributed by atoms with van der Waals surface area (Å²) in [7, 11) is 0. The van der Waals surface area contributed by atoms with Gasteiger partial charge in [-0.3, -0.25) is 0 Å². The minimum absolute atomic E-state index is 0.388. The maximum atomic E-state index is 5.81. The maximum Gasteiger partial charge on any atom is 0.132 e. The Kier molecular flexibility index (Phi) is 5.12. The van der Waals surface area contributed by atoms with Gasteiger partial charge in [-0.1, -0.05) is 36.3 Å². The van der Waals surface area contributed by atoms with Crippen LogP contribution in [0.2, 0.25) is 0 Å². The van der Waals surface area contributed by atoms with Crippen molar-refractivity contribution >= 4 is 0 Å². The van der Waals surface area contributed by atoms with Gasteiger partial charge in [-0.05, 0) is 25.5 Å². The Bertz CT molecular complexity index is 533. The van der Waals surface area contributed by atoms with Crippen LogP contribution in [-0.2, 0) is 19.7 Å². The van der Waals surface area contributed by atoms with Crippen LogP contribution in [0.3, 0.4) is 0 Å². The molecular weight excluding hydrogens is 252 g/mol. The van der Waals surface area contributed by atoms with Crippen LogP contribution in [-0.4, -0.2) is 15.0 Å². The lowest BCUT2D eigenvalue weighted by Crippen LogP contribution is -2.11. The molecule has 20 heavy (non-hydrogen) atoms. The van der Waals surface area contributed by atoms with Gasteiger partial charge in [-0.2, -0.15) is 0 Å². The molecule has 2 aromatic rings. The van der Waals surface area contributed by atoms with E-state index in [4.69, 9.17) is 10.5 Å². The zero-order chi connectivity index (χ0) is 14.4. The van der Waals surface area contributed by atoms with Crippen LogP contribution in [0.25, 0.3) is 0 Å². The molecule has 0 saturated heterocycles. The molecule has 0 spiro atoms. The molecule has 1 aromatic carbocycles. The Morgan fingerprint density at radius 3 is 2.65 bits per heavy atom. The number of hydrogen-bond acceptors (Lipinski definition) is 4. The average molecular weight is 274 g/mol. The van der Waals surface area contributed by atoms with Crippen LogP contribution >= 0.6 is 0 Å². The number of rotatable bonds is 7. The van der Waals surface area contributed by atoms with Gasteiger partial charge in [0.25, 0.3) is 0 Å². The fourth-order valence-electron chi connectivity index (χ4n) is 1.96. The number of nitrogens with zero attached hydrogens (tertiary/aromatic N) is 3. The molecule has 5 heteroatoms. The molecule has 0 unspecified atom stereocenters. The predicted octanol–water partition coefficient (Wildman–Crippen LogP) is 2.42. The lowest BCUT2D eigenvalue weighted by Gasteiger charge is -2.09. The van der Waals surface area contributed by atoms with Gasteiger partial charge in [-0.25, -0.2) is 4.68 Å². The third kappa shape index (κ3) is 3.57. The summed E-state index contributed by atoms with van der Waals surface area (Å²) >= 11 is 0. The van der Waals surface area contributed by atoms with E-state index in [1.54, 1.807) is 0 Å². The van der Waals surface area contributed by atoms with Crippen molar-refractivity contribution in [1.82, 2.24) is 15.0 Å². The molecule has 0 aliphatic rings. The van der Waals surface area contributed by atoms with Crippen LogP contribution in [0.4, 0.5) is 0 Å².